The average molecular weight is 342 g/mol. The van der Waals surface area contributed by atoms with E-state index in [1.807, 2.05) is 25.2 Å². The molecule has 2 aromatic heterocycles. The van der Waals surface area contributed by atoms with Gasteiger partial charge in [0.25, 0.3) is 11.8 Å². The number of fused-ring (bicyclic) bond motifs is 2. The molecular formula is C17H22N6O2. The molecular weight excluding hydrogens is 320 g/mol. The van der Waals surface area contributed by atoms with Crippen molar-refractivity contribution in [2.45, 2.75) is 18.3 Å². The van der Waals surface area contributed by atoms with Crippen molar-refractivity contribution < 1.29 is 9.59 Å². The summed E-state index contributed by atoms with van der Waals surface area (Å²) in [5, 5.41) is 8.68. The molecule has 1 fully saturated rings. The quantitative estimate of drug-likeness (QED) is 0.752. The molecule has 0 aliphatic carbocycles. The van der Waals surface area contributed by atoms with Crippen LogP contribution < -0.4 is 0 Å². The van der Waals surface area contributed by atoms with Crippen molar-refractivity contribution in [1.82, 2.24) is 29.4 Å². The van der Waals surface area contributed by atoms with Gasteiger partial charge >= 0.3 is 0 Å². The molecule has 4 rings (SSSR count). The molecule has 132 valence electrons. The Balaban J connectivity index is 1.59. The summed E-state index contributed by atoms with van der Waals surface area (Å²) < 4.78 is 3.33. The topological polar surface area (TPSA) is 76.3 Å². The molecule has 0 atom stereocenters. The van der Waals surface area contributed by atoms with E-state index in [0.29, 0.717) is 30.9 Å². The summed E-state index contributed by atoms with van der Waals surface area (Å²) in [6.45, 7) is 1.97. The summed E-state index contributed by atoms with van der Waals surface area (Å²) in [6.07, 6.45) is 5.05. The molecule has 0 bridgehead atoms. The lowest BCUT2D eigenvalue weighted by atomic mass is 9.72. The Bertz CT molecular complexity index is 843. The number of aryl methyl sites for hydroxylation is 2. The third-order valence-electron chi connectivity index (χ3n) is 5.50. The van der Waals surface area contributed by atoms with Gasteiger partial charge in [-0.1, -0.05) is 0 Å². The van der Waals surface area contributed by atoms with Gasteiger partial charge in [0.1, 0.15) is 5.69 Å². The number of amides is 2. The molecule has 0 saturated carbocycles. The highest BCUT2D eigenvalue weighted by molar-refractivity contribution is 5.97. The fourth-order valence-electron chi connectivity index (χ4n) is 4.12. The van der Waals surface area contributed by atoms with Gasteiger partial charge in [0.15, 0.2) is 0 Å². The number of carbonyl (C=O) groups excluding carboxylic acids is 2. The Morgan fingerprint density at radius 2 is 1.92 bits per heavy atom. The van der Waals surface area contributed by atoms with Gasteiger partial charge < -0.3 is 9.80 Å². The summed E-state index contributed by atoms with van der Waals surface area (Å²) in [5.74, 6) is 0.0402. The van der Waals surface area contributed by atoms with Crippen LogP contribution in [0.25, 0.3) is 0 Å². The Kier molecular flexibility index (Phi) is 3.45. The Hall–Kier alpha value is -2.64. The van der Waals surface area contributed by atoms with Crippen LogP contribution in [-0.2, 0) is 19.5 Å². The summed E-state index contributed by atoms with van der Waals surface area (Å²) >= 11 is 0. The van der Waals surface area contributed by atoms with E-state index in [4.69, 9.17) is 0 Å². The van der Waals surface area contributed by atoms with Gasteiger partial charge in [-0.3, -0.25) is 19.0 Å². The van der Waals surface area contributed by atoms with Crippen LogP contribution in [0.1, 0.15) is 39.4 Å². The average Bonchev–Trinajstić information content (AvgIpc) is 3.19. The van der Waals surface area contributed by atoms with Crippen molar-refractivity contribution in [3.63, 3.8) is 0 Å². The van der Waals surface area contributed by atoms with Crippen LogP contribution in [-0.4, -0.2) is 67.9 Å². The summed E-state index contributed by atoms with van der Waals surface area (Å²) in [6, 6.07) is 1.75. The second kappa shape index (κ2) is 5.44. The van der Waals surface area contributed by atoms with Crippen LogP contribution in [0.2, 0.25) is 0 Å². The highest BCUT2D eigenvalue weighted by Crippen LogP contribution is 2.40. The van der Waals surface area contributed by atoms with E-state index < -0.39 is 0 Å². The van der Waals surface area contributed by atoms with Crippen LogP contribution in [0.15, 0.2) is 18.5 Å². The maximum absolute atomic E-state index is 12.7. The molecule has 2 aliphatic rings. The van der Waals surface area contributed by atoms with Crippen LogP contribution >= 0.6 is 0 Å². The van der Waals surface area contributed by atoms with Gasteiger partial charge in [0.2, 0.25) is 0 Å². The second-order valence-electron chi connectivity index (χ2n) is 7.14. The number of aromatic nitrogens is 4. The zero-order chi connectivity index (χ0) is 17.8. The smallest absolute Gasteiger partial charge is 0.272 e. The van der Waals surface area contributed by atoms with Crippen LogP contribution in [0.3, 0.4) is 0 Å². The lowest BCUT2D eigenvalue weighted by molar-refractivity contribution is 0.0537. The van der Waals surface area contributed by atoms with Gasteiger partial charge in [-0.25, -0.2) is 0 Å². The third-order valence-corrected chi connectivity index (χ3v) is 5.50. The third kappa shape index (κ3) is 2.35. The van der Waals surface area contributed by atoms with Crippen molar-refractivity contribution in [3.05, 3.63) is 35.4 Å². The number of likely N-dealkylation sites (N-methyl/N-ethyl adjacent to an activating group) is 1. The van der Waals surface area contributed by atoms with Crippen molar-refractivity contribution in [2.24, 2.45) is 14.1 Å². The monoisotopic (exact) mass is 342 g/mol. The molecule has 2 aliphatic heterocycles. The molecule has 0 N–H and O–H groups in total. The molecule has 0 aromatic carbocycles. The fraction of sp³-hybridized carbons (Fsp3) is 0.529. The minimum atomic E-state index is -0.164. The van der Waals surface area contributed by atoms with Crippen LogP contribution in [0, 0.1) is 0 Å². The van der Waals surface area contributed by atoms with Crippen molar-refractivity contribution >= 4 is 11.8 Å². The largest absolute Gasteiger partial charge is 0.341 e. The first-order valence-corrected chi connectivity index (χ1v) is 8.48. The lowest BCUT2D eigenvalue weighted by Crippen LogP contribution is -2.54. The summed E-state index contributed by atoms with van der Waals surface area (Å²) in [7, 11) is 5.47. The van der Waals surface area contributed by atoms with Crippen LogP contribution in [0.4, 0.5) is 0 Å². The summed E-state index contributed by atoms with van der Waals surface area (Å²) in [5.41, 5.74) is 2.03. The van der Waals surface area contributed by atoms with Crippen molar-refractivity contribution in [2.75, 3.05) is 26.7 Å². The van der Waals surface area contributed by atoms with Gasteiger partial charge in [-0.2, -0.15) is 10.2 Å². The molecule has 8 nitrogen and oxygen atoms in total. The molecule has 2 aromatic rings. The lowest BCUT2D eigenvalue weighted by Gasteiger charge is -2.45. The normalized spacial score (nSPS) is 19.4. The first-order valence-electron chi connectivity index (χ1n) is 8.48. The van der Waals surface area contributed by atoms with E-state index in [9.17, 15) is 9.59 Å². The molecule has 0 radical (unpaired) electrons. The zero-order valence-electron chi connectivity index (χ0n) is 14.8. The maximum atomic E-state index is 12.7. The molecule has 8 heteroatoms. The predicted molar refractivity (Wildman–Crippen MR) is 90.2 cm³/mol. The minimum absolute atomic E-state index is 0.0105. The van der Waals surface area contributed by atoms with Crippen LogP contribution in [0.5, 0.6) is 0 Å². The zero-order valence-corrected chi connectivity index (χ0v) is 14.8. The number of carbonyl (C=O) groups is 2. The molecule has 1 saturated heterocycles. The first kappa shape index (κ1) is 15.9. The Morgan fingerprint density at radius 3 is 2.56 bits per heavy atom. The van der Waals surface area contributed by atoms with E-state index >= 15 is 0 Å². The molecule has 25 heavy (non-hydrogen) atoms. The van der Waals surface area contributed by atoms with Gasteiger partial charge in [-0.05, 0) is 18.9 Å². The van der Waals surface area contributed by atoms with Gasteiger partial charge in [-0.15, -0.1) is 0 Å². The highest BCUT2D eigenvalue weighted by atomic mass is 16.2. The maximum Gasteiger partial charge on any atom is 0.272 e. The number of piperidine rings is 1. The van der Waals surface area contributed by atoms with Gasteiger partial charge in [0, 0.05) is 58.6 Å². The van der Waals surface area contributed by atoms with E-state index in [0.717, 1.165) is 18.5 Å². The molecule has 1 spiro atoms. The summed E-state index contributed by atoms with van der Waals surface area (Å²) in [4.78, 5) is 28.8. The number of rotatable bonds is 1. The van der Waals surface area contributed by atoms with Gasteiger partial charge in [0.05, 0.1) is 11.3 Å². The second-order valence-corrected chi connectivity index (χ2v) is 7.14. The number of likely N-dealkylation sites (tertiary alicyclic amines) is 1. The highest BCUT2D eigenvalue weighted by Gasteiger charge is 2.47. The number of nitrogens with zero attached hydrogens (tertiary/aromatic N) is 6. The fourth-order valence-corrected chi connectivity index (χ4v) is 4.12. The molecule has 4 heterocycles. The van der Waals surface area contributed by atoms with Crippen molar-refractivity contribution in [1.29, 1.82) is 0 Å². The van der Waals surface area contributed by atoms with Crippen molar-refractivity contribution in [3.8, 4) is 0 Å². The molecule has 0 unspecified atom stereocenters. The number of hydrogen-bond acceptors (Lipinski definition) is 4. The predicted octanol–water partition coefficient (Wildman–Crippen LogP) is 0.413. The molecule has 2 amide bonds. The number of hydrogen-bond donors (Lipinski definition) is 0. The van der Waals surface area contributed by atoms with E-state index in [1.165, 1.54) is 0 Å². The Morgan fingerprint density at radius 1 is 1.20 bits per heavy atom. The first-order chi connectivity index (χ1) is 11.9. The van der Waals surface area contributed by atoms with E-state index in [2.05, 4.69) is 10.2 Å². The minimum Gasteiger partial charge on any atom is -0.341 e. The standard InChI is InChI=1S/C17H22N6O2/c1-20-11-17(14-12(15(20)24)10-21(2)19-14)5-8-23(9-6-17)16(25)13-4-7-18-22(13)3/h4,7,10H,5-6,8-9,11H2,1-3H3. The van der Waals surface area contributed by atoms with E-state index in [-0.39, 0.29) is 17.2 Å². The van der Waals surface area contributed by atoms with E-state index in [1.54, 1.807) is 33.6 Å². The Labute approximate surface area is 146 Å². The SMILES string of the molecule is CN1CC2(CCN(C(=O)c3ccnn3C)CC2)c2nn(C)cc2C1=O.